The lowest BCUT2D eigenvalue weighted by Gasteiger charge is -2.18. The van der Waals surface area contributed by atoms with Crippen molar-refractivity contribution in [2.24, 2.45) is 17.8 Å². The summed E-state index contributed by atoms with van der Waals surface area (Å²) in [6.07, 6.45) is 1.77. The number of carbonyl (C=O) groups is 3. The molecule has 16 heavy (non-hydrogen) atoms. The molecule has 0 saturated heterocycles. The second kappa shape index (κ2) is 5.23. The zero-order valence-electron chi connectivity index (χ0n) is 9.99. The Hall–Kier alpha value is -1.19. The van der Waals surface area contributed by atoms with Gasteiger partial charge in [-0.3, -0.25) is 14.4 Å². The Morgan fingerprint density at radius 2 is 1.88 bits per heavy atom. The number of Topliss-reactive ketones (excluding diaryl/α,β-unsaturated/α-hetero) is 2. The van der Waals surface area contributed by atoms with Crippen LogP contribution in [0.5, 0.6) is 0 Å². The van der Waals surface area contributed by atoms with Crippen molar-refractivity contribution in [2.45, 2.75) is 33.6 Å². The predicted octanol–water partition coefficient (Wildman–Crippen LogP) is 1.37. The summed E-state index contributed by atoms with van der Waals surface area (Å²) >= 11 is 0. The lowest BCUT2D eigenvalue weighted by atomic mass is 9.85. The average Bonchev–Trinajstić information content (AvgIpc) is 2.99. The Morgan fingerprint density at radius 1 is 1.31 bits per heavy atom. The molecule has 0 N–H and O–H groups in total. The lowest BCUT2D eigenvalue weighted by Crippen LogP contribution is -2.35. The van der Waals surface area contributed by atoms with Gasteiger partial charge >= 0.3 is 5.97 Å². The Labute approximate surface area is 95.3 Å². The van der Waals surface area contributed by atoms with Crippen molar-refractivity contribution < 1.29 is 19.1 Å². The molecule has 0 amide bonds. The number of rotatable bonds is 6. The van der Waals surface area contributed by atoms with Crippen LogP contribution in [0.25, 0.3) is 0 Å². The molecule has 4 nitrogen and oxygen atoms in total. The van der Waals surface area contributed by atoms with Crippen molar-refractivity contribution in [3.05, 3.63) is 0 Å². The molecule has 0 unspecified atom stereocenters. The Balaban J connectivity index is 2.71. The third kappa shape index (κ3) is 2.90. The number of esters is 1. The van der Waals surface area contributed by atoms with Crippen LogP contribution in [0.1, 0.15) is 33.6 Å². The fourth-order valence-electron chi connectivity index (χ4n) is 1.86. The van der Waals surface area contributed by atoms with Gasteiger partial charge in [-0.05, 0) is 26.7 Å². The molecule has 4 heteroatoms. The molecule has 1 fully saturated rings. The summed E-state index contributed by atoms with van der Waals surface area (Å²) < 4.78 is 4.82. The highest BCUT2D eigenvalue weighted by molar-refractivity contribution is 6.03. The molecule has 1 rings (SSSR count). The highest BCUT2D eigenvalue weighted by Gasteiger charge is 2.41. The summed E-state index contributed by atoms with van der Waals surface area (Å²) in [7, 11) is 0. The van der Waals surface area contributed by atoms with E-state index in [0.29, 0.717) is 0 Å². The number of hydrogen-bond donors (Lipinski definition) is 0. The van der Waals surface area contributed by atoms with E-state index in [-0.39, 0.29) is 24.1 Å². The molecule has 0 spiro atoms. The fraction of sp³-hybridized carbons (Fsp3) is 0.750. The van der Waals surface area contributed by atoms with E-state index in [0.717, 1.165) is 12.8 Å². The number of hydrogen-bond acceptors (Lipinski definition) is 4. The van der Waals surface area contributed by atoms with Crippen molar-refractivity contribution in [1.82, 2.24) is 0 Å². The topological polar surface area (TPSA) is 60.4 Å². The first kappa shape index (κ1) is 12.9. The van der Waals surface area contributed by atoms with E-state index >= 15 is 0 Å². The first-order valence-corrected chi connectivity index (χ1v) is 5.69. The molecule has 0 bridgehead atoms. The van der Waals surface area contributed by atoms with Gasteiger partial charge in [0.25, 0.3) is 0 Å². The van der Waals surface area contributed by atoms with Gasteiger partial charge in [-0.2, -0.15) is 0 Å². The average molecular weight is 226 g/mol. The van der Waals surface area contributed by atoms with Crippen LogP contribution in [-0.2, 0) is 19.1 Å². The van der Waals surface area contributed by atoms with Gasteiger partial charge in [-0.25, -0.2) is 0 Å². The van der Waals surface area contributed by atoms with Crippen LogP contribution in [0, 0.1) is 17.8 Å². The zero-order chi connectivity index (χ0) is 12.3. The SMILES string of the molecule is CCOC(=O)[C@@H](C(C)=O)[C@@H](C)C(=O)C1CC1. The summed E-state index contributed by atoms with van der Waals surface area (Å²) in [6, 6.07) is 0. The molecule has 90 valence electrons. The maximum absolute atomic E-state index is 11.8. The normalized spacial score (nSPS) is 18.7. The third-order valence-electron chi connectivity index (χ3n) is 2.91. The number of ketones is 2. The van der Waals surface area contributed by atoms with E-state index < -0.39 is 17.8 Å². The minimum absolute atomic E-state index is 0.0215. The van der Waals surface area contributed by atoms with Gasteiger partial charge < -0.3 is 4.74 Å². The summed E-state index contributed by atoms with van der Waals surface area (Å²) in [4.78, 5) is 34.8. The molecule has 0 aromatic carbocycles. The van der Waals surface area contributed by atoms with Crippen molar-refractivity contribution in [3.63, 3.8) is 0 Å². The molecule has 0 radical (unpaired) electrons. The molecular weight excluding hydrogens is 208 g/mol. The van der Waals surface area contributed by atoms with Crippen molar-refractivity contribution >= 4 is 17.5 Å². The Bertz CT molecular complexity index is 304. The Kier molecular flexibility index (Phi) is 4.21. The molecule has 1 aliphatic carbocycles. The van der Waals surface area contributed by atoms with Gasteiger partial charge in [0.05, 0.1) is 6.61 Å². The summed E-state index contributed by atoms with van der Waals surface area (Å²) in [5.74, 6) is -2.26. The highest BCUT2D eigenvalue weighted by Crippen LogP contribution is 2.34. The lowest BCUT2D eigenvalue weighted by molar-refractivity contribution is -0.155. The fourth-order valence-corrected chi connectivity index (χ4v) is 1.86. The second-order valence-electron chi connectivity index (χ2n) is 4.31. The van der Waals surface area contributed by atoms with Gasteiger partial charge in [-0.1, -0.05) is 6.92 Å². The van der Waals surface area contributed by atoms with E-state index in [1.54, 1.807) is 13.8 Å². The van der Waals surface area contributed by atoms with Gasteiger partial charge in [-0.15, -0.1) is 0 Å². The number of carbonyl (C=O) groups excluding carboxylic acids is 3. The van der Waals surface area contributed by atoms with Crippen LogP contribution in [-0.4, -0.2) is 24.1 Å². The minimum atomic E-state index is -0.923. The van der Waals surface area contributed by atoms with E-state index in [1.807, 2.05) is 0 Å². The van der Waals surface area contributed by atoms with E-state index in [1.165, 1.54) is 6.92 Å². The van der Waals surface area contributed by atoms with Crippen LogP contribution in [0.4, 0.5) is 0 Å². The van der Waals surface area contributed by atoms with E-state index in [2.05, 4.69) is 0 Å². The van der Waals surface area contributed by atoms with Crippen molar-refractivity contribution in [3.8, 4) is 0 Å². The van der Waals surface area contributed by atoms with Crippen molar-refractivity contribution in [1.29, 1.82) is 0 Å². The maximum Gasteiger partial charge on any atom is 0.317 e. The van der Waals surface area contributed by atoms with Crippen LogP contribution in [0.2, 0.25) is 0 Å². The number of ether oxygens (including phenoxy) is 1. The molecule has 1 saturated carbocycles. The maximum atomic E-state index is 11.8. The predicted molar refractivity (Wildman–Crippen MR) is 57.7 cm³/mol. The molecular formula is C12H18O4. The first-order chi connectivity index (χ1) is 7.49. The van der Waals surface area contributed by atoms with Crippen LogP contribution < -0.4 is 0 Å². The second-order valence-corrected chi connectivity index (χ2v) is 4.31. The summed E-state index contributed by atoms with van der Waals surface area (Å²) in [5, 5.41) is 0. The largest absolute Gasteiger partial charge is 0.465 e. The molecule has 1 aliphatic rings. The standard InChI is InChI=1S/C12H18O4/c1-4-16-12(15)10(8(3)13)7(2)11(14)9-5-6-9/h7,9-10H,4-6H2,1-3H3/t7-,10-/m1/s1. The third-order valence-corrected chi connectivity index (χ3v) is 2.91. The molecule has 0 heterocycles. The van der Waals surface area contributed by atoms with Crippen LogP contribution in [0.3, 0.4) is 0 Å². The first-order valence-electron chi connectivity index (χ1n) is 5.69. The summed E-state index contributed by atoms with van der Waals surface area (Å²) in [5.41, 5.74) is 0. The van der Waals surface area contributed by atoms with Gasteiger partial charge in [0.2, 0.25) is 0 Å². The van der Waals surface area contributed by atoms with E-state index in [4.69, 9.17) is 4.74 Å². The van der Waals surface area contributed by atoms with Crippen LogP contribution >= 0.6 is 0 Å². The van der Waals surface area contributed by atoms with Gasteiger partial charge in [0, 0.05) is 11.8 Å². The van der Waals surface area contributed by atoms with Crippen LogP contribution in [0.15, 0.2) is 0 Å². The summed E-state index contributed by atoms with van der Waals surface area (Å²) in [6.45, 7) is 4.89. The minimum Gasteiger partial charge on any atom is -0.465 e. The monoisotopic (exact) mass is 226 g/mol. The van der Waals surface area contributed by atoms with Gasteiger partial charge in [0.1, 0.15) is 17.5 Å². The molecule has 0 aliphatic heterocycles. The molecule has 0 aromatic rings. The van der Waals surface area contributed by atoms with E-state index in [9.17, 15) is 14.4 Å². The molecule has 2 atom stereocenters. The molecule has 0 aromatic heterocycles. The zero-order valence-corrected chi connectivity index (χ0v) is 9.99. The quantitative estimate of drug-likeness (QED) is 0.507. The highest BCUT2D eigenvalue weighted by atomic mass is 16.5. The van der Waals surface area contributed by atoms with Crippen molar-refractivity contribution in [2.75, 3.05) is 6.61 Å². The Morgan fingerprint density at radius 3 is 2.25 bits per heavy atom. The smallest absolute Gasteiger partial charge is 0.317 e. The van der Waals surface area contributed by atoms with Gasteiger partial charge in [0.15, 0.2) is 0 Å².